The molecule has 0 unspecified atom stereocenters. The number of ether oxygens (including phenoxy) is 1. The van der Waals surface area contributed by atoms with E-state index in [1.165, 1.54) is 24.4 Å². The second-order valence-electron chi connectivity index (χ2n) is 8.67. The first-order valence-corrected chi connectivity index (χ1v) is 11.4. The zero-order valence-electron chi connectivity index (χ0n) is 18.5. The van der Waals surface area contributed by atoms with Crippen LogP contribution >= 0.6 is 11.6 Å². The molecule has 4 heterocycles. The molecular weight excluding hydrogens is 504 g/mol. The number of carbonyl (C=O) groups is 1. The maximum atomic E-state index is 15.0. The monoisotopic (exact) mass is 522 g/mol. The number of halogens is 5. The van der Waals surface area contributed by atoms with Gasteiger partial charge in [-0.3, -0.25) is 4.79 Å². The van der Waals surface area contributed by atoms with Crippen LogP contribution in [0.25, 0.3) is 11.1 Å². The van der Waals surface area contributed by atoms with Crippen molar-refractivity contribution in [3.05, 3.63) is 75.0 Å². The van der Waals surface area contributed by atoms with Crippen molar-refractivity contribution in [2.75, 3.05) is 11.9 Å². The maximum Gasteiger partial charge on any atom is 0.422 e. The van der Waals surface area contributed by atoms with E-state index in [-0.39, 0.29) is 39.8 Å². The minimum Gasteiger partial charge on any atom is -0.468 e. The smallest absolute Gasteiger partial charge is 0.422 e. The number of carbonyl (C=O) groups excluding carboxylic acids is 1. The number of fused-ring (bicyclic) bond motifs is 4. The maximum absolute atomic E-state index is 15.0. The summed E-state index contributed by atoms with van der Waals surface area (Å²) in [6.07, 6.45) is 0.388. The molecule has 0 aliphatic carbocycles. The van der Waals surface area contributed by atoms with E-state index in [1.54, 1.807) is 17.2 Å². The number of nitrogens with zero attached hydrogens (tertiary/aromatic N) is 2. The van der Waals surface area contributed by atoms with Crippen LogP contribution < -0.4 is 15.6 Å². The summed E-state index contributed by atoms with van der Waals surface area (Å²) in [5.74, 6) is -0.979. The van der Waals surface area contributed by atoms with E-state index in [2.05, 4.69) is 20.0 Å². The Balaban J connectivity index is 1.32. The van der Waals surface area contributed by atoms with Crippen LogP contribution in [-0.4, -0.2) is 39.7 Å². The minimum atomic E-state index is -4.50. The predicted octanol–water partition coefficient (Wildman–Crippen LogP) is 5.46. The summed E-state index contributed by atoms with van der Waals surface area (Å²) in [5.41, 5.74) is 2.09. The molecule has 36 heavy (non-hydrogen) atoms. The topological polar surface area (TPSA) is 87.3 Å². The first-order valence-electron chi connectivity index (χ1n) is 11.0. The lowest BCUT2D eigenvalue weighted by Gasteiger charge is -2.36. The molecule has 188 valence electrons. The molecule has 0 spiro atoms. The number of amides is 2. The quantitative estimate of drug-likeness (QED) is 0.445. The molecule has 3 aromatic rings. The number of pyridine rings is 2. The lowest BCUT2D eigenvalue weighted by Crippen LogP contribution is -2.44. The average Bonchev–Trinajstić information content (AvgIpc) is 3.14. The van der Waals surface area contributed by atoms with Gasteiger partial charge >= 0.3 is 12.2 Å². The van der Waals surface area contributed by atoms with E-state index in [4.69, 9.17) is 11.6 Å². The van der Waals surface area contributed by atoms with Crippen LogP contribution in [0.15, 0.2) is 47.5 Å². The Labute approximate surface area is 207 Å². The fraction of sp³-hybridized carbons (Fsp3) is 0.292. The summed E-state index contributed by atoms with van der Waals surface area (Å²) < 4.78 is 56.4. The van der Waals surface area contributed by atoms with Crippen molar-refractivity contribution in [2.45, 2.75) is 37.5 Å². The van der Waals surface area contributed by atoms with E-state index in [0.717, 1.165) is 30.0 Å². The molecule has 2 aliphatic heterocycles. The van der Waals surface area contributed by atoms with Crippen molar-refractivity contribution in [3.8, 4) is 17.0 Å². The fourth-order valence-electron chi connectivity index (χ4n) is 4.79. The largest absolute Gasteiger partial charge is 0.468 e. The Hall–Kier alpha value is -3.60. The van der Waals surface area contributed by atoms with Crippen molar-refractivity contribution in [3.63, 3.8) is 0 Å². The summed E-state index contributed by atoms with van der Waals surface area (Å²) in [6.45, 7) is -1.48. The molecule has 7 nitrogen and oxygen atoms in total. The number of rotatable bonds is 4. The molecular formula is C24H19ClF4N4O3. The van der Waals surface area contributed by atoms with Crippen LogP contribution in [-0.2, 0) is 6.42 Å². The van der Waals surface area contributed by atoms with E-state index in [1.807, 2.05) is 0 Å². The van der Waals surface area contributed by atoms with Crippen molar-refractivity contribution in [1.82, 2.24) is 14.9 Å². The van der Waals surface area contributed by atoms with E-state index < -0.39 is 24.6 Å². The number of urea groups is 1. The lowest BCUT2D eigenvalue weighted by molar-refractivity contribution is -0.154. The van der Waals surface area contributed by atoms with Crippen molar-refractivity contribution in [1.29, 1.82) is 0 Å². The molecule has 2 amide bonds. The van der Waals surface area contributed by atoms with E-state index in [0.29, 0.717) is 12.0 Å². The van der Waals surface area contributed by atoms with Gasteiger partial charge in [0.05, 0.1) is 16.8 Å². The highest BCUT2D eigenvalue weighted by Crippen LogP contribution is 2.43. The van der Waals surface area contributed by atoms with Gasteiger partial charge in [-0.1, -0.05) is 11.6 Å². The van der Waals surface area contributed by atoms with Gasteiger partial charge in [-0.2, -0.15) is 13.2 Å². The van der Waals surface area contributed by atoms with E-state index >= 15 is 0 Å². The molecule has 2 atom stereocenters. The molecule has 2 aliphatic rings. The summed E-state index contributed by atoms with van der Waals surface area (Å²) in [4.78, 5) is 32.9. The SMILES string of the molecule is O=C(Nc1cc(Cl)c(-c2ccc(OCC(F)(F)F)nc2)cc1F)N1[C@H]2CC[C@@H]1c1c[nH]c(=O)cc1C2. The highest BCUT2D eigenvalue weighted by Gasteiger charge is 2.43. The number of alkyl halides is 3. The molecule has 12 heteroatoms. The van der Waals surface area contributed by atoms with Gasteiger partial charge in [0.1, 0.15) is 5.82 Å². The van der Waals surface area contributed by atoms with Gasteiger partial charge in [0.2, 0.25) is 11.4 Å². The van der Waals surface area contributed by atoms with Gasteiger partial charge in [-0.15, -0.1) is 0 Å². The molecule has 0 radical (unpaired) electrons. The van der Waals surface area contributed by atoms with Gasteiger partial charge in [0.25, 0.3) is 0 Å². The minimum absolute atomic E-state index is 0.105. The van der Waals surface area contributed by atoms with Crippen LogP contribution in [0.5, 0.6) is 5.88 Å². The van der Waals surface area contributed by atoms with Crippen LogP contribution in [0.1, 0.15) is 30.0 Å². The Bertz CT molecular complexity index is 1380. The van der Waals surface area contributed by atoms with Crippen LogP contribution in [0.4, 0.5) is 28.0 Å². The summed E-state index contributed by atoms with van der Waals surface area (Å²) >= 11 is 6.34. The fourth-order valence-corrected chi connectivity index (χ4v) is 5.06. The molecule has 2 aromatic heterocycles. The van der Waals surface area contributed by atoms with Gasteiger partial charge in [0, 0.05) is 41.7 Å². The van der Waals surface area contributed by atoms with Crippen LogP contribution in [0.2, 0.25) is 5.02 Å². The van der Waals surface area contributed by atoms with Gasteiger partial charge in [-0.05, 0) is 48.6 Å². The second kappa shape index (κ2) is 9.12. The average molecular weight is 523 g/mol. The normalized spacial score (nSPS) is 18.6. The number of hydrogen-bond donors (Lipinski definition) is 2. The van der Waals surface area contributed by atoms with Gasteiger partial charge in [-0.25, -0.2) is 14.2 Å². The highest BCUT2D eigenvalue weighted by atomic mass is 35.5. The zero-order chi connectivity index (χ0) is 25.6. The van der Waals surface area contributed by atoms with Crippen molar-refractivity contribution >= 4 is 23.3 Å². The number of anilines is 1. The first kappa shape index (κ1) is 24.1. The van der Waals surface area contributed by atoms with Gasteiger partial charge < -0.3 is 19.9 Å². The molecule has 2 N–H and O–H groups in total. The Kier molecular flexibility index (Phi) is 6.11. The van der Waals surface area contributed by atoms with Crippen molar-refractivity contribution < 1.29 is 27.1 Å². The van der Waals surface area contributed by atoms with Crippen LogP contribution in [0, 0.1) is 5.82 Å². The summed E-state index contributed by atoms with van der Waals surface area (Å²) in [5, 5.41) is 2.71. The number of hydrogen-bond acceptors (Lipinski definition) is 4. The van der Waals surface area contributed by atoms with Crippen molar-refractivity contribution in [2.24, 2.45) is 0 Å². The predicted molar refractivity (Wildman–Crippen MR) is 124 cm³/mol. The van der Waals surface area contributed by atoms with E-state index in [9.17, 15) is 27.2 Å². The number of H-pyrrole nitrogens is 1. The third kappa shape index (κ3) is 4.75. The molecule has 5 rings (SSSR count). The Morgan fingerprint density at radius 2 is 2.06 bits per heavy atom. The molecule has 1 aromatic carbocycles. The van der Waals surface area contributed by atoms with Crippen LogP contribution in [0.3, 0.4) is 0 Å². The highest BCUT2D eigenvalue weighted by molar-refractivity contribution is 6.33. The molecule has 1 fully saturated rings. The standard InChI is InChI=1S/C24H19ClF4N4O3/c25-17-8-19(18(26)7-15(17)12-1-4-22(31-9-12)36-11-24(27,28)29)32-23(35)33-14-2-3-20(33)16-10-30-21(34)6-13(16)5-14/h1,4,6-10,14,20H,2-3,5,11H2,(H,30,34)(H,32,35)/t14-,20+/m0/s1. The zero-order valence-corrected chi connectivity index (χ0v) is 19.3. The first-order chi connectivity index (χ1) is 17.1. The number of benzene rings is 1. The second-order valence-corrected chi connectivity index (χ2v) is 9.07. The Morgan fingerprint density at radius 1 is 1.25 bits per heavy atom. The van der Waals surface area contributed by atoms with Gasteiger partial charge in [0.15, 0.2) is 6.61 Å². The number of nitrogens with one attached hydrogen (secondary N) is 2. The number of aromatic nitrogens is 2. The summed E-state index contributed by atoms with van der Waals surface area (Å²) in [7, 11) is 0. The molecule has 1 saturated heterocycles. The third-order valence-electron chi connectivity index (χ3n) is 6.33. The lowest BCUT2D eigenvalue weighted by atomic mass is 9.95. The Morgan fingerprint density at radius 3 is 2.78 bits per heavy atom. The summed E-state index contributed by atoms with van der Waals surface area (Å²) in [6, 6.07) is 5.77. The third-order valence-corrected chi connectivity index (χ3v) is 6.64. The number of aromatic amines is 1. The molecule has 0 saturated carbocycles. The molecule has 2 bridgehead atoms.